The van der Waals surface area contributed by atoms with Crippen molar-refractivity contribution in [3.05, 3.63) is 77.9 Å². The van der Waals surface area contributed by atoms with Gasteiger partial charge in [0.15, 0.2) is 0 Å². The van der Waals surface area contributed by atoms with Crippen LogP contribution in [0.5, 0.6) is 0 Å². The highest BCUT2D eigenvalue weighted by Crippen LogP contribution is 2.24. The third-order valence-electron chi connectivity index (χ3n) is 3.68. The SMILES string of the molecule is COCc1ccccc1CNc1cccc2ccccc12. The summed E-state index contributed by atoms with van der Waals surface area (Å²) in [4.78, 5) is 0. The van der Waals surface area contributed by atoms with Crippen molar-refractivity contribution in [1.82, 2.24) is 0 Å². The van der Waals surface area contributed by atoms with Gasteiger partial charge in [0, 0.05) is 24.7 Å². The molecule has 0 aliphatic rings. The summed E-state index contributed by atoms with van der Waals surface area (Å²) in [6.07, 6.45) is 0. The molecule has 21 heavy (non-hydrogen) atoms. The van der Waals surface area contributed by atoms with Gasteiger partial charge in [0.2, 0.25) is 0 Å². The van der Waals surface area contributed by atoms with Crippen molar-refractivity contribution in [3.8, 4) is 0 Å². The Morgan fingerprint density at radius 2 is 1.52 bits per heavy atom. The maximum Gasteiger partial charge on any atom is 0.0716 e. The average Bonchev–Trinajstić information content (AvgIpc) is 2.54. The molecular formula is C19H19NO. The summed E-state index contributed by atoms with van der Waals surface area (Å²) in [6.45, 7) is 1.45. The highest BCUT2D eigenvalue weighted by molar-refractivity contribution is 5.93. The Labute approximate surface area is 125 Å². The number of hydrogen-bond donors (Lipinski definition) is 1. The van der Waals surface area contributed by atoms with Gasteiger partial charge in [-0.1, -0.05) is 60.7 Å². The van der Waals surface area contributed by atoms with E-state index in [2.05, 4.69) is 72.0 Å². The van der Waals surface area contributed by atoms with Gasteiger partial charge in [-0.25, -0.2) is 0 Å². The molecule has 0 saturated carbocycles. The van der Waals surface area contributed by atoms with Gasteiger partial charge in [0.1, 0.15) is 0 Å². The number of rotatable bonds is 5. The number of benzene rings is 3. The predicted molar refractivity (Wildman–Crippen MR) is 88.4 cm³/mol. The van der Waals surface area contributed by atoms with Crippen LogP contribution < -0.4 is 5.32 Å². The number of ether oxygens (including phenoxy) is 1. The van der Waals surface area contributed by atoms with E-state index < -0.39 is 0 Å². The van der Waals surface area contributed by atoms with Crippen LogP contribution in [0.4, 0.5) is 5.69 Å². The van der Waals surface area contributed by atoms with Crippen LogP contribution in [0.1, 0.15) is 11.1 Å². The van der Waals surface area contributed by atoms with Crippen LogP contribution in [0.2, 0.25) is 0 Å². The zero-order valence-electron chi connectivity index (χ0n) is 12.2. The first kappa shape index (κ1) is 13.7. The van der Waals surface area contributed by atoms with Crippen molar-refractivity contribution < 1.29 is 4.74 Å². The van der Waals surface area contributed by atoms with Crippen molar-refractivity contribution in [2.45, 2.75) is 13.2 Å². The van der Waals surface area contributed by atoms with Gasteiger partial charge in [0.05, 0.1) is 6.61 Å². The van der Waals surface area contributed by atoms with Crippen LogP contribution in [0.3, 0.4) is 0 Å². The van der Waals surface area contributed by atoms with Crippen LogP contribution >= 0.6 is 0 Å². The van der Waals surface area contributed by atoms with E-state index in [-0.39, 0.29) is 0 Å². The van der Waals surface area contributed by atoms with E-state index >= 15 is 0 Å². The minimum atomic E-state index is 0.646. The highest BCUT2D eigenvalue weighted by Gasteiger charge is 2.03. The molecule has 0 amide bonds. The Hall–Kier alpha value is -2.32. The summed E-state index contributed by atoms with van der Waals surface area (Å²) < 4.78 is 5.26. The van der Waals surface area contributed by atoms with Gasteiger partial charge in [0.25, 0.3) is 0 Å². The highest BCUT2D eigenvalue weighted by atomic mass is 16.5. The lowest BCUT2D eigenvalue weighted by molar-refractivity contribution is 0.184. The average molecular weight is 277 g/mol. The zero-order chi connectivity index (χ0) is 14.5. The maximum atomic E-state index is 5.26. The Kier molecular flexibility index (Phi) is 4.17. The molecule has 0 fully saturated rings. The lowest BCUT2D eigenvalue weighted by Gasteiger charge is -2.12. The van der Waals surface area contributed by atoms with Crippen molar-refractivity contribution >= 4 is 16.5 Å². The van der Waals surface area contributed by atoms with Crippen LogP contribution in [-0.2, 0) is 17.9 Å². The number of nitrogens with one attached hydrogen (secondary N) is 1. The maximum absolute atomic E-state index is 5.26. The first-order chi connectivity index (χ1) is 10.4. The van der Waals surface area contributed by atoms with Gasteiger partial charge in [-0.2, -0.15) is 0 Å². The van der Waals surface area contributed by atoms with Crippen molar-refractivity contribution in [2.75, 3.05) is 12.4 Å². The zero-order valence-corrected chi connectivity index (χ0v) is 12.2. The molecule has 2 heteroatoms. The Bertz CT molecular complexity index is 731. The Morgan fingerprint density at radius 3 is 2.38 bits per heavy atom. The van der Waals surface area contributed by atoms with E-state index in [0.717, 1.165) is 6.54 Å². The van der Waals surface area contributed by atoms with Crippen molar-refractivity contribution in [1.29, 1.82) is 0 Å². The third kappa shape index (κ3) is 3.06. The Balaban J connectivity index is 1.84. The van der Waals surface area contributed by atoms with Crippen LogP contribution in [0.25, 0.3) is 10.8 Å². The fraction of sp³-hybridized carbons (Fsp3) is 0.158. The minimum absolute atomic E-state index is 0.646. The first-order valence-electron chi connectivity index (χ1n) is 7.16. The fourth-order valence-corrected chi connectivity index (χ4v) is 2.60. The molecule has 106 valence electrons. The molecule has 0 aliphatic carbocycles. The van der Waals surface area contributed by atoms with E-state index in [4.69, 9.17) is 4.74 Å². The van der Waals surface area contributed by atoms with Gasteiger partial charge < -0.3 is 10.1 Å². The van der Waals surface area contributed by atoms with E-state index in [1.807, 2.05) is 0 Å². The molecule has 0 bridgehead atoms. The summed E-state index contributed by atoms with van der Waals surface area (Å²) in [5.41, 5.74) is 3.67. The molecule has 0 saturated heterocycles. The van der Waals surface area contributed by atoms with Crippen LogP contribution in [-0.4, -0.2) is 7.11 Å². The van der Waals surface area contributed by atoms with E-state index in [9.17, 15) is 0 Å². The molecule has 0 radical (unpaired) electrons. The molecule has 3 aromatic rings. The van der Waals surface area contributed by atoms with Gasteiger partial charge in [-0.3, -0.25) is 0 Å². The van der Waals surface area contributed by atoms with Crippen LogP contribution in [0.15, 0.2) is 66.7 Å². The van der Waals surface area contributed by atoms with Gasteiger partial charge >= 0.3 is 0 Å². The molecule has 0 aliphatic heterocycles. The summed E-state index contributed by atoms with van der Waals surface area (Å²) >= 11 is 0. The third-order valence-corrected chi connectivity index (χ3v) is 3.68. The quantitative estimate of drug-likeness (QED) is 0.736. The molecular weight excluding hydrogens is 258 g/mol. The minimum Gasteiger partial charge on any atom is -0.380 e. The molecule has 0 unspecified atom stereocenters. The number of hydrogen-bond acceptors (Lipinski definition) is 2. The topological polar surface area (TPSA) is 21.3 Å². The normalized spacial score (nSPS) is 10.7. The fourth-order valence-electron chi connectivity index (χ4n) is 2.60. The summed E-state index contributed by atoms with van der Waals surface area (Å²) in [6, 6.07) is 23.2. The number of fused-ring (bicyclic) bond motifs is 1. The molecule has 3 rings (SSSR count). The van der Waals surface area contributed by atoms with Gasteiger partial charge in [-0.15, -0.1) is 0 Å². The largest absolute Gasteiger partial charge is 0.380 e. The summed E-state index contributed by atoms with van der Waals surface area (Å²) in [7, 11) is 1.73. The molecule has 0 aromatic heterocycles. The van der Waals surface area contributed by atoms with Gasteiger partial charge in [-0.05, 0) is 22.6 Å². The monoisotopic (exact) mass is 277 g/mol. The van der Waals surface area contributed by atoms with Crippen molar-refractivity contribution in [2.24, 2.45) is 0 Å². The van der Waals surface area contributed by atoms with E-state index in [1.54, 1.807) is 7.11 Å². The standard InChI is InChI=1S/C19H19NO/c1-21-14-17-9-3-2-8-16(17)13-20-19-12-6-10-15-7-4-5-11-18(15)19/h2-12,20H,13-14H2,1H3. The lowest BCUT2D eigenvalue weighted by atomic mass is 10.1. The van der Waals surface area contributed by atoms with Crippen molar-refractivity contribution in [3.63, 3.8) is 0 Å². The lowest BCUT2D eigenvalue weighted by Crippen LogP contribution is -2.04. The first-order valence-corrected chi connectivity index (χ1v) is 7.16. The van der Waals surface area contributed by atoms with E-state index in [0.29, 0.717) is 6.61 Å². The molecule has 0 heterocycles. The molecule has 0 atom stereocenters. The number of anilines is 1. The second-order valence-electron chi connectivity index (χ2n) is 5.08. The van der Waals surface area contributed by atoms with Crippen LogP contribution in [0, 0.1) is 0 Å². The summed E-state index contributed by atoms with van der Waals surface area (Å²) in [5, 5.41) is 6.06. The molecule has 2 nitrogen and oxygen atoms in total. The Morgan fingerprint density at radius 1 is 0.810 bits per heavy atom. The predicted octanol–water partition coefficient (Wildman–Crippen LogP) is 4.60. The molecule has 3 aromatic carbocycles. The second kappa shape index (κ2) is 6.42. The number of methoxy groups -OCH3 is 1. The molecule has 1 N–H and O–H groups in total. The second-order valence-corrected chi connectivity index (χ2v) is 5.08. The summed E-state index contributed by atoms with van der Waals surface area (Å²) in [5.74, 6) is 0. The van der Waals surface area contributed by atoms with E-state index in [1.165, 1.54) is 27.6 Å². The molecule has 0 spiro atoms. The smallest absolute Gasteiger partial charge is 0.0716 e.